The van der Waals surface area contributed by atoms with Crippen LogP contribution in [0.1, 0.15) is 46.4 Å². The van der Waals surface area contributed by atoms with E-state index in [1.165, 1.54) is 0 Å². The molecule has 0 spiro atoms. The minimum absolute atomic E-state index is 0.0886. The van der Waals surface area contributed by atoms with E-state index >= 15 is 0 Å². The molecular weight excluding hydrogens is 362 g/mol. The summed E-state index contributed by atoms with van der Waals surface area (Å²) in [5.74, 6) is 1.28. The zero-order chi connectivity index (χ0) is 20.6. The zero-order valence-electron chi connectivity index (χ0n) is 17.1. The molecule has 1 N–H and O–H groups in total. The lowest BCUT2D eigenvalue weighted by atomic mass is 10.0. The summed E-state index contributed by atoms with van der Waals surface area (Å²) in [6.45, 7) is 4.48. The van der Waals surface area contributed by atoms with Crippen LogP contribution in [0.3, 0.4) is 0 Å². The van der Waals surface area contributed by atoms with E-state index in [1.54, 1.807) is 13.2 Å². The molecule has 0 aliphatic rings. The fourth-order valence-electron chi connectivity index (χ4n) is 3.29. The molecule has 150 valence electrons. The molecule has 4 heteroatoms. The second-order valence-electron chi connectivity index (χ2n) is 6.93. The van der Waals surface area contributed by atoms with Crippen LogP contribution in [0.15, 0.2) is 72.8 Å². The summed E-state index contributed by atoms with van der Waals surface area (Å²) >= 11 is 0. The molecule has 1 atom stereocenters. The largest absolute Gasteiger partial charge is 0.496 e. The minimum Gasteiger partial charge on any atom is -0.496 e. The molecule has 1 amide bonds. The van der Waals surface area contributed by atoms with Gasteiger partial charge in [-0.2, -0.15) is 0 Å². The molecule has 0 aliphatic heterocycles. The molecule has 0 radical (unpaired) electrons. The second-order valence-corrected chi connectivity index (χ2v) is 6.93. The van der Waals surface area contributed by atoms with Crippen molar-refractivity contribution in [2.75, 3.05) is 7.11 Å². The number of nitrogens with one attached hydrogen (secondary N) is 1. The minimum atomic E-state index is -0.144. The molecule has 3 rings (SSSR count). The summed E-state index contributed by atoms with van der Waals surface area (Å²) in [6, 6.07) is 23.2. The first-order valence-corrected chi connectivity index (χ1v) is 9.83. The van der Waals surface area contributed by atoms with Crippen molar-refractivity contribution in [3.8, 4) is 11.5 Å². The van der Waals surface area contributed by atoms with Crippen molar-refractivity contribution in [2.45, 2.75) is 32.9 Å². The number of amides is 1. The summed E-state index contributed by atoms with van der Waals surface area (Å²) in [7, 11) is 1.66. The average Bonchev–Trinajstić information content (AvgIpc) is 2.76. The van der Waals surface area contributed by atoms with E-state index in [4.69, 9.17) is 9.47 Å². The van der Waals surface area contributed by atoms with Crippen LogP contribution in [0.25, 0.3) is 0 Å². The van der Waals surface area contributed by atoms with Gasteiger partial charge in [0.15, 0.2) is 0 Å². The van der Waals surface area contributed by atoms with E-state index in [1.807, 2.05) is 67.6 Å². The van der Waals surface area contributed by atoms with Crippen LogP contribution >= 0.6 is 0 Å². The number of hydrogen-bond acceptors (Lipinski definition) is 3. The topological polar surface area (TPSA) is 47.6 Å². The van der Waals surface area contributed by atoms with Crippen molar-refractivity contribution in [3.63, 3.8) is 0 Å². The summed E-state index contributed by atoms with van der Waals surface area (Å²) in [5.41, 5.74) is 3.70. The molecule has 0 heterocycles. The highest BCUT2D eigenvalue weighted by Crippen LogP contribution is 2.26. The van der Waals surface area contributed by atoms with Crippen LogP contribution in [0.5, 0.6) is 11.5 Å². The highest BCUT2D eigenvalue weighted by molar-refractivity contribution is 5.97. The van der Waals surface area contributed by atoms with Crippen LogP contribution in [-0.2, 0) is 6.61 Å². The van der Waals surface area contributed by atoms with Crippen LogP contribution in [0.2, 0.25) is 0 Å². The normalized spacial score (nSPS) is 11.6. The quantitative estimate of drug-likeness (QED) is 0.556. The van der Waals surface area contributed by atoms with E-state index in [2.05, 4.69) is 18.3 Å². The van der Waals surface area contributed by atoms with Crippen molar-refractivity contribution >= 4 is 5.91 Å². The molecule has 0 unspecified atom stereocenters. The van der Waals surface area contributed by atoms with E-state index in [9.17, 15) is 4.79 Å². The number of benzene rings is 3. The van der Waals surface area contributed by atoms with Crippen molar-refractivity contribution in [3.05, 3.63) is 95.1 Å². The van der Waals surface area contributed by atoms with Gasteiger partial charge in [0.25, 0.3) is 5.91 Å². The molecule has 3 aromatic rings. The van der Waals surface area contributed by atoms with Gasteiger partial charge in [-0.25, -0.2) is 0 Å². The predicted octanol–water partition coefficient (Wildman–Crippen LogP) is 5.46. The Morgan fingerprint density at radius 1 is 0.966 bits per heavy atom. The molecule has 3 aromatic carbocycles. The average molecular weight is 389 g/mol. The maximum absolute atomic E-state index is 13.0. The Bertz CT molecular complexity index is 953. The number of rotatable bonds is 8. The number of aryl methyl sites for hydroxylation is 1. The van der Waals surface area contributed by atoms with E-state index in [0.29, 0.717) is 17.9 Å². The summed E-state index contributed by atoms with van der Waals surface area (Å²) in [5, 5.41) is 3.14. The molecule has 4 nitrogen and oxygen atoms in total. The Kier molecular flexibility index (Phi) is 6.90. The van der Waals surface area contributed by atoms with Gasteiger partial charge in [0.2, 0.25) is 0 Å². The second kappa shape index (κ2) is 9.78. The van der Waals surface area contributed by atoms with E-state index < -0.39 is 0 Å². The van der Waals surface area contributed by atoms with E-state index in [0.717, 1.165) is 28.9 Å². The Labute approximate surface area is 172 Å². The fraction of sp³-hybridized carbons (Fsp3) is 0.240. The lowest BCUT2D eigenvalue weighted by molar-refractivity contribution is 0.0931. The third kappa shape index (κ3) is 5.17. The Morgan fingerprint density at radius 3 is 2.38 bits per heavy atom. The van der Waals surface area contributed by atoms with Gasteiger partial charge >= 0.3 is 0 Å². The number of methoxy groups -OCH3 is 1. The number of para-hydroxylation sites is 1. The first-order chi connectivity index (χ1) is 14.1. The summed E-state index contributed by atoms with van der Waals surface area (Å²) < 4.78 is 11.3. The van der Waals surface area contributed by atoms with Crippen LogP contribution in [-0.4, -0.2) is 13.0 Å². The lowest BCUT2D eigenvalue weighted by Gasteiger charge is -2.20. The maximum atomic E-state index is 13.0. The van der Waals surface area contributed by atoms with Crippen LogP contribution < -0.4 is 14.8 Å². The fourth-order valence-corrected chi connectivity index (χ4v) is 3.29. The Hall–Kier alpha value is -3.27. The summed E-state index contributed by atoms with van der Waals surface area (Å²) in [6.07, 6.45) is 0.782. The molecule has 0 saturated carbocycles. The smallest absolute Gasteiger partial charge is 0.255 e. The van der Waals surface area contributed by atoms with Crippen molar-refractivity contribution in [2.24, 2.45) is 0 Å². The molecule has 0 bridgehead atoms. The third-order valence-electron chi connectivity index (χ3n) is 4.90. The van der Waals surface area contributed by atoms with Crippen LogP contribution in [0.4, 0.5) is 0 Å². The molecule has 0 aromatic heterocycles. The monoisotopic (exact) mass is 389 g/mol. The number of carbonyl (C=O) groups is 1. The number of hydrogen-bond donors (Lipinski definition) is 1. The van der Waals surface area contributed by atoms with Gasteiger partial charge in [0.05, 0.1) is 18.7 Å². The molecule has 29 heavy (non-hydrogen) atoms. The molecule has 0 saturated heterocycles. The SMILES string of the molecule is CC[C@H](NC(=O)c1ccccc1OCc1ccccc1)c1ccc(OC)c(C)c1. The first kappa shape index (κ1) is 20.5. The standard InChI is InChI=1S/C25H27NO3/c1-4-22(20-14-15-23(28-3)18(2)16-20)26-25(27)21-12-8-9-13-24(21)29-17-19-10-6-5-7-11-19/h5-16,22H,4,17H2,1-3H3,(H,26,27)/t22-/m0/s1. The van der Waals surface area contributed by atoms with Gasteiger partial charge in [0.1, 0.15) is 18.1 Å². The van der Waals surface area contributed by atoms with E-state index in [-0.39, 0.29) is 11.9 Å². The first-order valence-electron chi connectivity index (χ1n) is 9.83. The Balaban J connectivity index is 1.75. The van der Waals surface area contributed by atoms with Gasteiger partial charge in [0, 0.05) is 0 Å². The molecule has 0 fully saturated rings. The van der Waals surface area contributed by atoms with Crippen molar-refractivity contribution < 1.29 is 14.3 Å². The summed E-state index contributed by atoms with van der Waals surface area (Å²) in [4.78, 5) is 13.0. The lowest BCUT2D eigenvalue weighted by Crippen LogP contribution is -2.28. The molecule has 0 aliphatic carbocycles. The maximum Gasteiger partial charge on any atom is 0.255 e. The Morgan fingerprint density at radius 2 is 1.69 bits per heavy atom. The third-order valence-corrected chi connectivity index (χ3v) is 4.90. The van der Waals surface area contributed by atoms with Gasteiger partial charge in [-0.1, -0.05) is 61.5 Å². The highest BCUT2D eigenvalue weighted by Gasteiger charge is 2.18. The van der Waals surface area contributed by atoms with Gasteiger partial charge in [-0.3, -0.25) is 4.79 Å². The van der Waals surface area contributed by atoms with Gasteiger partial charge in [-0.15, -0.1) is 0 Å². The van der Waals surface area contributed by atoms with Gasteiger partial charge < -0.3 is 14.8 Å². The predicted molar refractivity (Wildman–Crippen MR) is 115 cm³/mol. The highest BCUT2D eigenvalue weighted by atomic mass is 16.5. The van der Waals surface area contributed by atoms with Crippen molar-refractivity contribution in [1.29, 1.82) is 0 Å². The number of ether oxygens (including phenoxy) is 2. The molecular formula is C25H27NO3. The zero-order valence-corrected chi connectivity index (χ0v) is 17.1. The van der Waals surface area contributed by atoms with Gasteiger partial charge in [-0.05, 0) is 48.2 Å². The van der Waals surface area contributed by atoms with Crippen LogP contribution in [0, 0.1) is 6.92 Å². The van der Waals surface area contributed by atoms with Crippen molar-refractivity contribution in [1.82, 2.24) is 5.32 Å². The number of carbonyl (C=O) groups excluding carboxylic acids is 1.